The summed E-state index contributed by atoms with van der Waals surface area (Å²) in [4.78, 5) is 20.4. The molecule has 0 spiro atoms. The fourth-order valence-electron chi connectivity index (χ4n) is 2.87. The summed E-state index contributed by atoms with van der Waals surface area (Å²) in [7, 11) is 6.14. The molecule has 0 radical (unpaired) electrons. The first-order valence-corrected chi connectivity index (χ1v) is 10.3. The van der Waals surface area contributed by atoms with Crippen LogP contribution in [0.15, 0.2) is 30.3 Å². The molecule has 8 N–H and O–H groups in total. The lowest BCUT2D eigenvalue weighted by molar-refractivity contribution is -0.120. The number of anilines is 1. The van der Waals surface area contributed by atoms with Crippen LogP contribution in [-0.2, 0) is 9.59 Å². The van der Waals surface area contributed by atoms with Crippen LogP contribution in [0.3, 0.4) is 0 Å². The monoisotopic (exact) mass is 485 g/mol. The van der Waals surface area contributed by atoms with E-state index in [0.717, 1.165) is 5.56 Å². The van der Waals surface area contributed by atoms with Gasteiger partial charge in [0, 0.05) is 6.42 Å². The second kappa shape index (κ2) is 14.0. The number of carbonyl (C=O) groups excluding carboxylic acids is 2. The smallest absolute Gasteiger partial charge is 0.234 e. The highest BCUT2D eigenvalue weighted by Gasteiger charge is 2.15. The minimum Gasteiger partial charge on any atom is -0.495 e. The van der Waals surface area contributed by atoms with Gasteiger partial charge in [-0.1, -0.05) is 6.07 Å². The summed E-state index contributed by atoms with van der Waals surface area (Å²) in [5.74, 6) is 0.931. The topological polar surface area (TPSA) is 199 Å². The molecule has 0 saturated carbocycles. The van der Waals surface area contributed by atoms with Crippen LogP contribution in [0.5, 0.6) is 23.0 Å². The van der Waals surface area contributed by atoms with Crippen molar-refractivity contribution in [1.82, 2.24) is 0 Å². The van der Waals surface area contributed by atoms with E-state index in [4.69, 9.17) is 41.9 Å². The number of allylic oxidation sites excluding steroid dienone is 1. The van der Waals surface area contributed by atoms with E-state index < -0.39 is 17.9 Å². The van der Waals surface area contributed by atoms with E-state index in [1.165, 1.54) is 21.3 Å². The van der Waals surface area contributed by atoms with Gasteiger partial charge in [0.2, 0.25) is 17.6 Å². The standard InChI is InChI=1S/C19H20N2O4.C5H11N3O2/c1-22-16-6-5-12(8-15(16)21)7-14(11-20)13-9-17(23-2)19(25-4)18(10-13)24-3;6-3(5(8)10)1-2-4(7)9/h5-10H,21H2,1-4H3;3H,1-2,6H2,(H2,7,9)(H2,8,10)/t;3-/m.0/s1. The van der Waals surface area contributed by atoms with Crippen molar-refractivity contribution in [3.63, 3.8) is 0 Å². The Morgan fingerprint density at radius 1 is 0.971 bits per heavy atom. The average Bonchev–Trinajstić information content (AvgIpc) is 2.85. The first kappa shape index (κ1) is 28.6. The SMILES string of the molecule is COc1ccc(C=C(C#N)c2cc(OC)c(OC)c(OC)c2)cc1N.NC(=O)CC[C@H](N)C(N)=O. The number of nitrogens with two attached hydrogens (primary N) is 4. The number of carbonyl (C=O) groups is 2. The average molecular weight is 486 g/mol. The number of nitriles is 1. The van der Waals surface area contributed by atoms with Gasteiger partial charge in [0.15, 0.2) is 11.5 Å². The molecule has 2 rings (SSSR count). The van der Waals surface area contributed by atoms with Crippen molar-refractivity contribution >= 4 is 29.2 Å². The van der Waals surface area contributed by atoms with Crippen LogP contribution in [0.4, 0.5) is 5.69 Å². The number of methoxy groups -OCH3 is 4. The third kappa shape index (κ3) is 8.45. The number of nitrogens with zero attached hydrogens (tertiary/aromatic N) is 1. The Labute approximate surface area is 204 Å². The molecule has 188 valence electrons. The second-order valence-electron chi connectivity index (χ2n) is 7.10. The normalized spacial score (nSPS) is 11.3. The summed E-state index contributed by atoms with van der Waals surface area (Å²) in [6.07, 6.45) is 2.06. The van der Waals surface area contributed by atoms with Crippen LogP contribution in [0.1, 0.15) is 24.0 Å². The molecule has 35 heavy (non-hydrogen) atoms. The van der Waals surface area contributed by atoms with Gasteiger partial charge in [0.05, 0.1) is 51.8 Å². The van der Waals surface area contributed by atoms with E-state index in [1.807, 2.05) is 6.07 Å². The van der Waals surface area contributed by atoms with Crippen molar-refractivity contribution in [2.45, 2.75) is 18.9 Å². The largest absolute Gasteiger partial charge is 0.495 e. The molecule has 11 nitrogen and oxygen atoms in total. The number of primary amides is 2. The molecule has 0 heterocycles. The number of hydrogen-bond acceptors (Lipinski definition) is 9. The van der Waals surface area contributed by atoms with Crippen LogP contribution in [0, 0.1) is 11.3 Å². The molecule has 0 aliphatic heterocycles. The van der Waals surface area contributed by atoms with E-state index in [-0.39, 0.29) is 12.8 Å². The van der Waals surface area contributed by atoms with Crippen LogP contribution in [0.25, 0.3) is 11.6 Å². The molecular formula is C24H31N5O6. The minimum atomic E-state index is -0.757. The van der Waals surface area contributed by atoms with E-state index >= 15 is 0 Å². The molecule has 0 saturated heterocycles. The van der Waals surface area contributed by atoms with Gasteiger partial charge in [0.1, 0.15) is 5.75 Å². The van der Waals surface area contributed by atoms with Crippen molar-refractivity contribution in [3.8, 4) is 29.1 Å². The summed E-state index contributed by atoms with van der Waals surface area (Å²) in [6.45, 7) is 0. The zero-order valence-corrected chi connectivity index (χ0v) is 20.2. The number of ether oxygens (including phenoxy) is 4. The molecule has 1 atom stereocenters. The second-order valence-corrected chi connectivity index (χ2v) is 7.10. The quantitative estimate of drug-likeness (QED) is 0.218. The molecular weight excluding hydrogens is 454 g/mol. The fraction of sp³-hybridized carbons (Fsp3) is 0.292. The van der Waals surface area contributed by atoms with Gasteiger partial charge in [-0.3, -0.25) is 9.59 Å². The van der Waals surface area contributed by atoms with E-state index in [9.17, 15) is 14.9 Å². The summed E-state index contributed by atoms with van der Waals surface area (Å²) in [6, 6.07) is 10.2. The lowest BCUT2D eigenvalue weighted by Gasteiger charge is -2.14. The molecule has 0 unspecified atom stereocenters. The maximum absolute atomic E-state index is 10.3. The Morgan fingerprint density at radius 2 is 1.54 bits per heavy atom. The Hall–Kier alpha value is -4.43. The van der Waals surface area contributed by atoms with E-state index in [0.29, 0.717) is 39.8 Å². The first-order chi connectivity index (χ1) is 16.6. The predicted molar refractivity (Wildman–Crippen MR) is 133 cm³/mol. The molecule has 0 bridgehead atoms. The lowest BCUT2D eigenvalue weighted by atomic mass is 10.0. The third-order valence-electron chi connectivity index (χ3n) is 4.73. The number of hydrogen-bond donors (Lipinski definition) is 4. The summed E-state index contributed by atoms with van der Waals surface area (Å²) in [5, 5.41) is 9.58. The highest BCUT2D eigenvalue weighted by atomic mass is 16.5. The maximum Gasteiger partial charge on any atom is 0.234 e. The van der Waals surface area contributed by atoms with Gasteiger partial charge in [-0.2, -0.15) is 5.26 Å². The summed E-state index contributed by atoms with van der Waals surface area (Å²) >= 11 is 0. The minimum absolute atomic E-state index is 0.101. The number of benzene rings is 2. The highest BCUT2D eigenvalue weighted by Crippen LogP contribution is 2.40. The van der Waals surface area contributed by atoms with E-state index in [1.54, 1.807) is 37.5 Å². The first-order valence-electron chi connectivity index (χ1n) is 10.3. The molecule has 2 aromatic rings. The van der Waals surface area contributed by atoms with Gasteiger partial charge in [-0.15, -0.1) is 0 Å². The number of rotatable bonds is 10. The van der Waals surface area contributed by atoms with Gasteiger partial charge < -0.3 is 41.9 Å². The highest BCUT2D eigenvalue weighted by molar-refractivity contribution is 5.91. The van der Waals surface area contributed by atoms with Crippen LogP contribution < -0.4 is 41.9 Å². The number of amides is 2. The van der Waals surface area contributed by atoms with Gasteiger partial charge in [-0.25, -0.2) is 0 Å². The van der Waals surface area contributed by atoms with Gasteiger partial charge in [0.25, 0.3) is 0 Å². The summed E-state index contributed by atoms with van der Waals surface area (Å²) in [5.41, 5.74) is 23.1. The predicted octanol–water partition coefficient (Wildman–Crippen LogP) is 1.43. The van der Waals surface area contributed by atoms with Crippen molar-refractivity contribution in [3.05, 3.63) is 41.5 Å². The van der Waals surface area contributed by atoms with Crippen LogP contribution in [0.2, 0.25) is 0 Å². The maximum atomic E-state index is 10.3. The van der Waals surface area contributed by atoms with Gasteiger partial charge in [-0.05, 0) is 47.9 Å². The molecule has 0 aliphatic rings. The number of nitrogen functional groups attached to an aromatic ring is 1. The molecule has 2 aromatic carbocycles. The Balaban J connectivity index is 0.000000518. The lowest BCUT2D eigenvalue weighted by Crippen LogP contribution is -2.37. The third-order valence-corrected chi connectivity index (χ3v) is 4.73. The zero-order valence-electron chi connectivity index (χ0n) is 20.2. The Kier molecular flexibility index (Phi) is 11.4. The van der Waals surface area contributed by atoms with Crippen LogP contribution in [-0.4, -0.2) is 46.3 Å². The molecule has 11 heteroatoms. The van der Waals surface area contributed by atoms with Crippen molar-refractivity contribution in [1.29, 1.82) is 5.26 Å². The zero-order chi connectivity index (χ0) is 26.5. The Bertz CT molecular complexity index is 1090. The van der Waals surface area contributed by atoms with Crippen LogP contribution >= 0.6 is 0 Å². The fourth-order valence-corrected chi connectivity index (χ4v) is 2.87. The Morgan fingerprint density at radius 3 is 1.94 bits per heavy atom. The summed E-state index contributed by atoms with van der Waals surface area (Å²) < 4.78 is 21.1. The van der Waals surface area contributed by atoms with Crippen molar-refractivity contribution in [2.75, 3.05) is 34.2 Å². The molecule has 0 aliphatic carbocycles. The van der Waals surface area contributed by atoms with Crippen molar-refractivity contribution < 1.29 is 28.5 Å². The van der Waals surface area contributed by atoms with E-state index in [2.05, 4.69) is 6.07 Å². The molecule has 0 fully saturated rings. The molecule has 2 amide bonds. The van der Waals surface area contributed by atoms with Crippen molar-refractivity contribution in [2.24, 2.45) is 17.2 Å². The molecule has 0 aromatic heterocycles. The van der Waals surface area contributed by atoms with Gasteiger partial charge >= 0.3 is 0 Å².